The van der Waals surface area contributed by atoms with Gasteiger partial charge in [0.25, 0.3) is 10.1 Å². The number of hydrogen-bond donors (Lipinski definition) is 1. The van der Waals surface area contributed by atoms with Crippen LogP contribution in [0.25, 0.3) is 0 Å². The van der Waals surface area contributed by atoms with Crippen LogP contribution in [0, 0.1) is 0 Å². The van der Waals surface area contributed by atoms with Crippen molar-refractivity contribution in [2.45, 2.75) is 84.0 Å². The summed E-state index contributed by atoms with van der Waals surface area (Å²) in [5.41, 5.74) is 0. The fraction of sp³-hybridized carbons (Fsp3) is 1.00. The Morgan fingerprint density at radius 1 is 0.750 bits per heavy atom. The van der Waals surface area contributed by atoms with Gasteiger partial charge in [-0.15, -0.1) is 9.24 Å². The van der Waals surface area contributed by atoms with Crippen molar-refractivity contribution in [1.82, 2.24) is 0 Å². The van der Waals surface area contributed by atoms with Gasteiger partial charge in [0.1, 0.15) is 0 Å². The van der Waals surface area contributed by atoms with Crippen LogP contribution in [-0.2, 0) is 10.1 Å². The van der Waals surface area contributed by atoms with Crippen molar-refractivity contribution in [2.75, 3.05) is 12.4 Å². The molecule has 0 radical (unpaired) electrons. The highest BCUT2D eigenvalue weighted by molar-refractivity contribution is 7.85. The lowest BCUT2D eigenvalue weighted by molar-refractivity contribution is 0.490. The standard InChI is InChI=1S/C14H31P.CH4O3S/c1-2-3-4-5-6-7-8-9-10-11-12-13-14-15;1-5(2,3)4/h2-15H2,1H3;1H3,(H,2,3,4). The molecule has 0 aliphatic rings. The molecule has 1 unspecified atom stereocenters. The van der Waals surface area contributed by atoms with Gasteiger partial charge in [-0.1, -0.05) is 77.6 Å². The molecular weight excluding hydrogens is 291 g/mol. The van der Waals surface area contributed by atoms with E-state index in [1.165, 1.54) is 83.2 Å². The highest BCUT2D eigenvalue weighted by Crippen LogP contribution is 2.11. The second-order valence-corrected chi connectivity index (χ2v) is 7.45. The van der Waals surface area contributed by atoms with Crippen LogP contribution in [0.3, 0.4) is 0 Å². The third-order valence-electron chi connectivity index (χ3n) is 3.06. The van der Waals surface area contributed by atoms with E-state index in [4.69, 9.17) is 4.55 Å². The number of hydrogen-bond acceptors (Lipinski definition) is 2. The van der Waals surface area contributed by atoms with E-state index in [1.54, 1.807) is 0 Å². The summed E-state index contributed by atoms with van der Waals surface area (Å²) in [7, 11) is -0.852. The van der Waals surface area contributed by atoms with E-state index in [9.17, 15) is 8.42 Å². The molecular formula is C15H35O3PS. The van der Waals surface area contributed by atoms with Crippen LogP contribution in [0.1, 0.15) is 84.0 Å². The van der Waals surface area contributed by atoms with Crippen molar-refractivity contribution in [3.8, 4) is 0 Å². The molecule has 1 atom stereocenters. The summed E-state index contributed by atoms with van der Waals surface area (Å²) in [6.07, 6.45) is 19.4. The molecule has 124 valence electrons. The van der Waals surface area contributed by atoms with Crippen molar-refractivity contribution in [3.63, 3.8) is 0 Å². The van der Waals surface area contributed by atoms with E-state index in [-0.39, 0.29) is 0 Å². The molecule has 0 rings (SSSR count). The van der Waals surface area contributed by atoms with Gasteiger partial charge in [0.05, 0.1) is 6.26 Å². The first kappa shape index (κ1) is 22.6. The molecule has 0 saturated heterocycles. The molecule has 0 aromatic carbocycles. The van der Waals surface area contributed by atoms with E-state index in [0.29, 0.717) is 6.26 Å². The van der Waals surface area contributed by atoms with Crippen molar-refractivity contribution >= 4 is 19.4 Å². The monoisotopic (exact) mass is 326 g/mol. The zero-order valence-electron chi connectivity index (χ0n) is 13.4. The first-order valence-electron chi connectivity index (χ1n) is 8.04. The third kappa shape index (κ3) is 36.2. The average molecular weight is 326 g/mol. The van der Waals surface area contributed by atoms with Crippen molar-refractivity contribution in [2.24, 2.45) is 0 Å². The van der Waals surface area contributed by atoms with Gasteiger partial charge in [0.15, 0.2) is 0 Å². The lowest BCUT2D eigenvalue weighted by Crippen LogP contribution is -1.88. The second-order valence-electron chi connectivity index (χ2n) is 5.41. The second kappa shape index (κ2) is 17.4. The number of rotatable bonds is 12. The van der Waals surface area contributed by atoms with Crippen LogP contribution in [-0.4, -0.2) is 25.4 Å². The zero-order valence-corrected chi connectivity index (χ0v) is 15.4. The summed E-state index contributed by atoms with van der Waals surface area (Å²) in [6, 6.07) is 0. The largest absolute Gasteiger partial charge is 0.286 e. The first-order chi connectivity index (χ1) is 9.41. The Kier molecular flexibility index (Phi) is 19.7. The maximum Gasteiger partial charge on any atom is 0.261 e. The van der Waals surface area contributed by atoms with Crippen molar-refractivity contribution < 1.29 is 13.0 Å². The molecule has 0 spiro atoms. The maximum absolute atomic E-state index is 9.19. The summed E-state index contributed by atoms with van der Waals surface area (Å²) in [6.45, 7) is 2.29. The van der Waals surface area contributed by atoms with E-state index >= 15 is 0 Å². The summed E-state index contributed by atoms with van der Waals surface area (Å²) in [4.78, 5) is 0. The summed E-state index contributed by atoms with van der Waals surface area (Å²) in [5, 5.41) is 0. The van der Waals surface area contributed by atoms with Gasteiger partial charge in [-0.05, 0) is 12.6 Å². The Hall–Kier alpha value is 0.340. The van der Waals surface area contributed by atoms with Gasteiger partial charge < -0.3 is 0 Å². The smallest absolute Gasteiger partial charge is 0.261 e. The minimum atomic E-state index is -3.67. The van der Waals surface area contributed by atoms with E-state index in [0.717, 1.165) is 0 Å². The Bertz CT molecular complexity index is 246. The average Bonchev–Trinajstić information content (AvgIpc) is 2.34. The molecule has 0 aliphatic heterocycles. The normalized spacial score (nSPS) is 11.0. The third-order valence-corrected chi connectivity index (χ3v) is 3.47. The quantitative estimate of drug-likeness (QED) is 0.309. The van der Waals surface area contributed by atoms with Crippen LogP contribution < -0.4 is 0 Å². The van der Waals surface area contributed by atoms with Crippen LogP contribution in [0.15, 0.2) is 0 Å². The van der Waals surface area contributed by atoms with Gasteiger partial charge in [0, 0.05) is 0 Å². The lowest BCUT2D eigenvalue weighted by atomic mass is 10.1. The zero-order chi connectivity index (χ0) is 15.7. The van der Waals surface area contributed by atoms with Crippen LogP contribution in [0.5, 0.6) is 0 Å². The summed E-state index contributed by atoms with van der Waals surface area (Å²) in [5.74, 6) is 0. The highest BCUT2D eigenvalue weighted by atomic mass is 32.2. The van der Waals surface area contributed by atoms with Gasteiger partial charge in [0.2, 0.25) is 0 Å². The molecule has 0 heterocycles. The predicted octanol–water partition coefficient (Wildman–Crippen LogP) is 5.07. The molecule has 3 nitrogen and oxygen atoms in total. The molecule has 0 aromatic heterocycles. The molecule has 0 aliphatic carbocycles. The molecule has 0 fully saturated rings. The van der Waals surface area contributed by atoms with Gasteiger partial charge >= 0.3 is 0 Å². The van der Waals surface area contributed by atoms with Gasteiger partial charge in [-0.3, -0.25) is 4.55 Å². The Balaban J connectivity index is 0. The van der Waals surface area contributed by atoms with Crippen molar-refractivity contribution in [3.05, 3.63) is 0 Å². The first-order valence-corrected chi connectivity index (χ1v) is 10.7. The van der Waals surface area contributed by atoms with E-state index in [1.807, 2.05) is 0 Å². The molecule has 1 N–H and O–H groups in total. The fourth-order valence-corrected chi connectivity index (χ4v) is 2.27. The summed E-state index contributed by atoms with van der Waals surface area (Å²) < 4.78 is 25.9. The maximum atomic E-state index is 9.19. The molecule has 0 saturated carbocycles. The van der Waals surface area contributed by atoms with Crippen molar-refractivity contribution in [1.29, 1.82) is 0 Å². The predicted molar refractivity (Wildman–Crippen MR) is 93.1 cm³/mol. The Morgan fingerprint density at radius 2 is 1.00 bits per heavy atom. The summed E-state index contributed by atoms with van der Waals surface area (Å²) >= 11 is 0. The molecule has 0 bridgehead atoms. The van der Waals surface area contributed by atoms with Crippen LogP contribution in [0.2, 0.25) is 0 Å². The van der Waals surface area contributed by atoms with E-state index in [2.05, 4.69) is 16.2 Å². The van der Waals surface area contributed by atoms with Crippen LogP contribution >= 0.6 is 9.24 Å². The molecule has 0 aromatic rings. The minimum absolute atomic E-state index is 0.715. The topological polar surface area (TPSA) is 54.4 Å². The number of unbranched alkanes of at least 4 members (excludes halogenated alkanes) is 11. The SMILES string of the molecule is CCCCCCCCCCCCCCP.CS(=O)(=O)O. The lowest BCUT2D eigenvalue weighted by Gasteiger charge is -2.01. The Morgan fingerprint density at radius 3 is 1.25 bits per heavy atom. The van der Waals surface area contributed by atoms with E-state index < -0.39 is 10.1 Å². The molecule has 20 heavy (non-hydrogen) atoms. The molecule has 5 heteroatoms. The minimum Gasteiger partial charge on any atom is -0.286 e. The van der Waals surface area contributed by atoms with Crippen LogP contribution in [0.4, 0.5) is 0 Å². The van der Waals surface area contributed by atoms with Gasteiger partial charge in [-0.2, -0.15) is 8.42 Å². The molecule has 0 amide bonds. The Labute approximate surface area is 129 Å². The van der Waals surface area contributed by atoms with Gasteiger partial charge in [-0.25, -0.2) is 0 Å². The fourth-order valence-electron chi connectivity index (χ4n) is 1.99. The highest BCUT2D eigenvalue weighted by Gasteiger charge is 1.92.